The van der Waals surface area contributed by atoms with E-state index in [2.05, 4.69) is 35.8 Å². The van der Waals surface area contributed by atoms with Gasteiger partial charge in [0.15, 0.2) is 0 Å². The van der Waals surface area contributed by atoms with Crippen LogP contribution in [0.4, 0.5) is 0 Å². The number of benzene rings is 2. The van der Waals surface area contributed by atoms with Crippen LogP contribution in [-0.2, 0) is 17.8 Å². The first kappa shape index (κ1) is 17.5. The molecule has 1 heterocycles. The molecule has 0 fully saturated rings. The van der Waals surface area contributed by atoms with Crippen LogP contribution in [0.2, 0.25) is 0 Å². The van der Waals surface area contributed by atoms with Gasteiger partial charge in [0.25, 0.3) is 5.91 Å². The molecule has 5 heteroatoms. The van der Waals surface area contributed by atoms with Gasteiger partial charge in [-0.05, 0) is 48.9 Å². The number of nitrogens with one attached hydrogen (secondary N) is 1. The Kier molecular flexibility index (Phi) is 5.43. The molecule has 2 aromatic rings. The molecule has 1 unspecified atom stereocenters. The minimum atomic E-state index is -0.473. The molecule has 25 heavy (non-hydrogen) atoms. The molecule has 1 aliphatic rings. The third kappa shape index (κ3) is 3.87. The van der Waals surface area contributed by atoms with Gasteiger partial charge in [-0.1, -0.05) is 30.3 Å². The van der Waals surface area contributed by atoms with Gasteiger partial charge in [0.05, 0.1) is 0 Å². The molecule has 1 aliphatic heterocycles. The van der Waals surface area contributed by atoms with E-state index >= 15 is 0 Å². The molecule has 4 nitrogen and oxygen atoms in total. The summed E-state index contributed by atoms with van der Waals surface area (Å²) in [5, 5.41) is 2.95. The smallest absolute Gasteiger partial charge is 0.255 e. The number of fused-ring (bicyclic) bond motifs is 1. The van der Waals surface area contributed by atoms with Crippen LogP contribution < -0.4 is 5.32 Å². The van der Waals surface area contributed by atoms with Crippen LogP contribution in [0.5, 0.6) is 0 Å². The maximum Gasteiger partial charge on any atom is 0.255 e. The molecular formula is C20H22N2O2S. The Morgan fingerprint density at radius 2 is 1.92 bits per heavy atom. The lowest BCUT2D eigenvalue weighted by Gasteiger charge is -2.23. The first-order chi connectivity index (χ1) is 12.1. The van der Waals surface area contributed by atoms with Gasteiger partial charge in [0, 0.05) is 23.5 Å². The summed E-state index contributed by atoms with van der Waals surface area (Å²) < 4.78 is 0. The number of carbonyl (C=O) groups excluding carboxylic acids is 2. The predicted octanol–water partition coefficient (Wildman–Crippen LogP) is 3.11. The van der Waals surface area contributed by atoms with E-state index in [0.29, 0.717) is 18.7 Å². The summed E-state index contributed by atoms with van der Waals surface area (Å²) in [5.74, 6) is -0.173. The van der Waals surface area contributed by atoms with Crippen molar-refractivity contribution in [3.63, 3.8) is 0 Å². The molecule has 2 aromatic carbocycles. The summed E-state index contributed by atoms with van der Waals surface area (Å²) in [4.78, 5) is 27.7. The molecule has 0 aliphatic carbocycles. The van der Waals surface area contributed by atoms with Crippen molar-refractivity contribution in [2.45, 2.75) is 30.8 Å². The van der Waals surface area contributed by atoms with Crippen LogP contribution in [0, 0.1) is 0 Å². The summed E-state index contributed by atoms with van der Waals surface area (Å²) in [6.45, 7) is 2.85. The van der Waals surface area contributed by atoms with Crippen molar-refractivity contribution in [3.05, 3.63) is 65.2 Å². The quantitative estimate of drug-likeness (QED) is 0.811. The molecule has 0 saturated carbocycles. The van der Waals surface area contributed by atoms with Gasteiger partial charge >= 0.3 is 0 Å². The minimum absolute atomic E-state index is 0.0640. The molecule has 0 radical (unpaired) electrons. The van der Waals surface area contributed by atoms with E-state index in [-0.39, 0.29) is 11.8 Å². The van der Waals surface area contributed by atoms with Crippen molar-refractivity contribution >= 4 is 23.6 Å². The van der Waals surface area contributed by atoms with Crippen molar-refractivity contribution in [2.75, 3.05) is 12.8 Å². The van der Waals surface area contributed by atoms with E-state index in [1.54, 1.807) is 23.6 Å². The monoisotopic (exact) mass is 354 g/mol. The van der Waals surface area contributed by atoms with Crippen molar-refractivity contribution in [1.82, 2.24) is 10.2 Å². The topological polar surface area (TPSA) is 49.4 Å². The summed E-state index contributed by atoms with van der Waals surface area (Å²) in [6.07, 6.45) is 2.83. The number of carbonyl (C=O) groups is 2. The normalized spacial score (nSPS) is 14.3. The molecule has 0 spiro atoms. The average molecular weight is 354 g/mol. The Hall–Kier alpha value is -2.27. The molecule has 0 aromatic heterocycles. The summed E-state index contributed by atoms with van der Waals surface area (Å²) in [7, 11) is 0. The fourth-order valence-corrected chi connectivity index (χ4v) is 3.41. The lowest BCUT2D eigenvalue weighted by molar-refractivity contribution is -0.125. The van der Waals surface area contributed by atoms with Crippen molar-refractivity contribution in [1.29, 1.82) is 0 Å². The van der Waals surface area contributed by atoms with Crippen LogP contribution in [-0.4, -0.2) is 35.6 Å². The second kappa shape index (κ2) is 7.74. The average Bonchev–Trinajstić information content (AvgIpc) is 2.98. The fraction of sp³-hybridized carbons (Fsp3) is 0.300. The minimum Gasteiger partial charge on any atom is -0.354 e. The van der Waals surface area contributed by atoms with Crippen LogP contribution in [0.15, 0.2) is 53.4 Å². The van der Waals surface area contributed by atoms with E-state index < -0.39 is 6.04 Å². The van der Waals surface area contributed by atoms with E-state index in [4.69, 9.17) is 0 Å². The number of hydrogen-bond acceptors (Lipinski definition) is 3. The highest BCUT2D eigenvalue weighted by Crippen LogP contribution is 2.24. The number of thioether (sulfide) groups is 1. The molecule has 1 N–H and O–H groups in total. The maximum atomic E-state index is 12.4. The number of rotatable bonds is 6. The number of nitrogens with zero attached hydrogens (tertiary/aromatic N) is 1. The van der Waals surface area contributed by atoms with Gasteiger partial charge in [-0.2, -0.15) is 0 Å². The zero-order valence-electron chi connectivity index (χ0n) is 14.5. The lowest BCUT2D eigenvalue weighted by Crippen LogP contribution is -2.45. The second-order valence-electron chi connectivity index (χ2n) is 6.16. The Morgan fingerprint density at radius 1 is 1.20 bits per heavy atom. The first-order valence-corrected chi connectivity index (χ1v) is 9.62. The second-order valence-corrected chi connectivity index (χ2v) is 7.03. The van der Waals surface area contributed by atoms with Crippen molar-refractivity contribution in [3.8, 4) is 0 Å². The highest BCUT2D eigenvalue weighted by molar-refractivity contribution is 7.98. The number of amides is 2. The van der Waals surface area contributed by atoms with Gasteiger partial charge < -0.3 is 10.2 Å². The van der Waals surface area contributed by atoms with Gasteiger partial charge in [-0.25, -0.2) is 0 Å². The van der Waals surface area contributed by atoms with E-state index in [1.165, 1.54) is 10.5 Å². The maximum absolute atomic E-state index is 12.4. The zero-order valence-corrected chi connectivity index (χ0v) is 15.3. The molecule has 0 bridgehead atoms. The van der Waals surface area contributed by atoms with Crippen molar-refractivity contribution in [2.24, 2.45) is 0 Å². The van der Waals surface area contributed by atoms with Gasteiger partial charge in [0.2, 0.25) is 5.91 Å². The third-order valence-electron chi connectivity index (χ3n) is 4.57. The highest BCUT2D eigenvalue weighted by atomic mass is 32.2. The molecular weight excluding hydrogens is 332 g/mol. The molecule has 2 amide bonds. The Bertz CT molecular complexity index is 774. The lowest BCUT2D eigenvalue weighted by atomic mass is 10.1. The highest BCUT2D eigenvalue weighted by Gasteiger charge is 2.33. The van der Waals surface area contributed by atoms with Crippen LogP contribution in [0.1, 0.15) is 28.4 Å². The predicted molar refractivity (Wildman–Crippen MR) is 101 cm³/mol. The third-order valence-corrected chi connectivity index (χ3v) is 5.31. The van der Waals surface area contributed by atoms with Crippen LogP contribution in [0.25, 0.3) is 0 Å². The molecule has 3 rings (SSSR count). The first-order valence-electron chi connectivity index (χ1n) is 8.39. The van der Waals surface area contributed by atoms with Crippen molar-refractivity contribution < 1.29 is 9.59 Å². The Labute approximate surface area is 152 Å². The summed E-state index contributed by atoms with van der Waals surface area (Å²) in [6, 6.07) is 15.4. The largest absolute Gasteiger partial charge is 0.354 e. The van der Waals surface area contributed by atoms with E-state index in [9.17, 15) is 9.59 Å². The molecule has 0 saturated heterocycles. The summed E-state index contributed by atoms with van der Waals surface area (Å²) >= 11 is 1.71. The number of hydrogen-bond donors (Lipinski definition) is 1. The Balaban J connectivity index is 1.52. The van der Waals surface area contributed by atoms with Crippen LogP contribution in [0.3, 0.4) is 0 Å². The molecule has 130 valence electrons. The summed E-state index contributed by atoms with van der Waals surface area (Å²) in [5.41, 5.74) is 2.88. The fourth-order valence-electron chi connectivity index (χ4n) is 3.00. The van der Waals surface area contributed by atoms with E-state index in [0.717, 1.165) is 12.0 Å². The van der Waals surface area contributed by atoms with Crippen LogP contribution >= 0.6 is 11.8 Å². The van der Waals surface area contributed by atoms with Gasteiger partial charge in [0.1, 0.15) is 6.04 Å². The van der Waals surface area contributed by atoms with Gasteiger partial charge in [-0.15, -0.1) is 11.8 Å². The zero-order chi connectivity index (χ0) is 17.8. The van der Waals surface area contributed by atoms with E-state index in [1.807, 2.05) is 24.3 Å². The molecule has 1 atom stereocenters. The Morgan fingerprint density at radius 3 is 2.60 bits per heavy atom. The SMILES string of the molecule is CSc1ccc(CCNC(=O)C(C)N2Cc3ccccc3C2=O)cc1. The van der Waals surface area contributed by atoms with Gasteiger partial charge in [-0.3, -0.25) is 9.59 Å². The standard InChI is InChI=1S/C20H22N2O2S/c1-14(22-13-16-5-3-4-6-18(16)20(22)24)19(23)21-12-11-15-7-9-17(25-2)10-8-15/h3-10,14H,11-13H2,1-2H3,(H,21,23).